The smallest absolute Gasteiger partial charge is 0.255 e. The van der Waals surface area contributed by atoms with Gasteiger partial charge in [-0.25, -0.2) is 0 Å². The summed E-state index contributed by atoms with van der Waals surface area (Å²) in [5.41, 5.74) is 9.36. The zero-order chi connectivity index (χ0) is 14.9. The average molecular weight is 277 g/mol. The molecule has 1 aromatic rings. The lowest BCUT2D eigenvalue weighted by molar-refractivity contribution is 0.259. The molecule has 0 radical (unpaired) electrons. The van der Waals surface area contributed by atoms with E-state index in [-0.39, 0.29) is 17.6 Å². The van der Waals surface area contributed by atoms with Crippen molar-refractivity contribution >= 4 is 0 Å². The Morgan fingerprint density at radius 2 is 2.05 bits per heavy atom. The molecule has 2 heterocycles. The highest BCUT2D eigenvalue weighted by molar-refractivity contribution is 5.31. The number of aromatic nitrogens is 1. The number of nitrogens with two attached hydrogens (primary N) is 1. The first-order valence-electron chi connectivity index (χ1n) is 7.74. The molecule has 0 aromatic carbocycles. The third kappa shape index (κ3) is 2.67. The van der Waals surface area contributed by atoms with Crippen LogP contribution in [0.25, 0.3) is 0 Å². The van der Waals surface area contributed by atoms with Gasteiger partial charge in [0, 0.05) is 42.9 Å². The molecule has 2 N–H and O–H groups in total. The van der Waals surface area contributed by atoms with Crippen LogP contribution in [0.15, 0.2) is 10.9 Å². The monoisotopic (exact) mass is 277 g/mol. The van der Waals surface area contributed by atoms with Crippen molar-refractivity contribution in [2.45, 2.75) is 59.2 Å². The van der Waals surface area contributed by atoms with Gasteiger partial charge in [-0.05, 0) is 38.4 Å². The maximum Gasteiger partial charge on any atom is 0.255 e. The van der Waals surface area contributed by atoms with Gasteiger partial charge in [0.25, 0.3) is 5.56 Å². The van der Waals surface area contributed by atoms with Crippen molar-refractivity contribution in [3.63, 3.8) is 0 Å². The highest BCUT2D eigenvalue weighted by Gasteiger charge is 2.23. The molecular formula is C16H27N3O. The van der Waals surface area contributed by atoms with Crippen LogP contribution in [-0.2, 0) is 13.0 Å². The molecule has 0 amide bonds. The van der Waals surface area contributed by atoms with Crippen LogP contribution in [0.3, 0.4) is 0 Å². The van der Waals surface area contributed by atoms with Gasteiger partial charge in [-0.15, -0.1) is 0 Å². The van der Waals surface area contributed by atoms with Crippen LogP contribution in [0.1, 0.15) is 63.0 Å². The number of nitrogens with zero attached hydrogens (tertiary/aromatic N) is 2. The molecule has 0 saturated carbocycles. The Morgan fingerprint density at radius 1 is 1.35 bits per heavy atom. The third-order valence-corrected chi connectivity index (χ3v) is 4.49. The van der Waals surface area contributed by atoms with Gasteiger partial charge < -0.3 is 10.3 Å². The van der Waals surface area contributed by atoms with Gasteiger partial charge in [-0.3, -0.25) is 9.69 Å². The summed E-state index contributed by atoms with van der Waals surface area (Å²) in [6.45, 7) is 11.4. The normalized spacial score (nSPS) is 18.6. The highest BCUT2D eigenvalue weighted by atomic mass is 16.1. The lowest BCUT2D eigenvalue weighted by Gasteiger charge is -2.32. The summed E-state index contributed by atoms with van der Waals surface area (Å²) in [6, 6.07) is 2.08. The molecule has 0 spiro atoms. The van der Waals surface area contributed by atoms with Crippen molar-refractivity contribution in [2.75, 3.05) is 13.1 Å². The minimum atomic E-state index is -0.208. The van der Waals surface area contributed by atoms with Crippen LogP contribution in [0.2, 0.25) is 0 Å². The quantitative estimate of drug-likeness (QED) is 0.918. The summed E-state index contributed by atoms with van der Waals surface area (Å²) in [7, 11) is 0. The van der Waals surface area contributed by atoms with Crippen molar-refractivity contribution < 1.29 is 0 Å². The molecule has 0 fully saturated rings. The zero-order valence-corrected chi connectivity index (χ0v) is 13.1. The Balaban J connectivity index is 2.60. The second kappa shape index (κ2) is 6.10. The fourth-order valence-corrected chi connectivity index (χ4v) is 3.00. The molecule has 0 bridgehead atoms. The molecule has 112 valence electrons. The van der Waals surface area contributed by atoms with E-state index in [0.29, 0.717) is 0 Å². The van der Waals surface area contributed by atoms with E-state index in [0.717, 1.165) is 38.0 Å². The lowest BCUT2D eigenvalue weighted by atomic mass is 9.99. The Morgan fingerprint density at radius 3 is 2.60 bits per heavy atom. The maximum absolute atomic E-state index is 12.7. The number of rotatable bonds is 4. The second-order valence-electron chi connectivity index (χ2n) is 5.91. The first-order chi connectivity index (χ1) is 9.49. The molecule has 2 rings (SSSR count). The molecule has 1 aliphatic rings. The van der Waals surface area contributed by atoms with Gasteiger partial charge in [0.15, 0.2) is 0 Å². The maximum atomic E-state index is 12.7. The SMILES string of the molecule is CCC(C)n1c2c(cc(C(C)N)c1=O)CN(CC)CC2. The fraction of sp³-hybridized carbons (Fsp3) is 0.688. The van der Waals surface area contributed by atoms with Gasteiger partial charge >= 0.3 is 0 Å². The number of fused-ring (bicyclic) bond motifs is 1. The van der Waals surface area contributed by atoms with Crippen LogP contribution in [0, 0.1) is 0 Å². The van der Waals surface area contributed by atoms with Gasteiger partial charge in [0.1, 0.15) is 0 Å². The van der Waals surface area contributed by atoms with Crippen LogP contribution < -0.4 is 11.3 Å². The summed E-state index contributed by atoms with van der Waals surface area (Å²) in [5.74, 6) is 0. The molecule has 2 unspecified atom stereocenters. The van der Waals surface area contributed by atoms with Crippen molar-refractivity contribution in [2.24, 2.45) is 5.73 Å². The molecule has 4 nitrogen and oxygen atoms in total. The minimum absolute atomic E-state index is 0.109. The predicted molar refractivity (Wildman–Crippen MR) is 83.0 cm³/mol. The van der Waals surface area contributed by atoms with Crippen molar-refractivity contribution in [3.8, 4) is 0 Å². The number of likely N-dealkylation sites (N-methyl/N-ethyl adjacent to an activating group) is 1. The van der Waals surface area contributed by atoms with Crippen molar-refractivity contribution in [1.82, 2.24) is 9.47 Å². The van der Waals surface area contributed by atoms with Gasteiger partial charge in [-0.1, -0.05) is 13.8 Å². The topological polar surface area (TPSA) is 51.3 Å². The molecule has 2 atom stereocenters. The average Bonchev–Trinajstić information content (AvgIpc) is 2.45. The number of hydrogen-bond acceptors (Lipinski definition) is 3. The second-order valence-corrected chi connectivity index (χ2v) is 5.91. The molecular weight excluding hydrogens is 250 g/mol. The van der Waals surface area contributed by atoms with Crippen LogP contribution >= 0.6 is 0 Å². The van der Waals surface area contributed by atoms with E-state index >= 15 is 0 Å². The summed E-state index contributed by atoms with van der Waals surface area (Å²) in [5, 5.41) is 0. The number of pyridine rings is 1. The van der Waals surface area contributed by atoms with Gasteiger partial charge in [0.05, 0.1) is 0 Å². The summed E-state index contributed by atoms with van der Waals surface area (Å²) in [4.78, 5) is 15.1. The van der Waals surface area contributed by atoms with E-state index < -0.39 is 0 Å². The Labute approximate surface area is 121 Å². The highest BCUT2D eigenvalue weighted by Crippen LogP contribution is 2.23. The first kappa shape index (κ1) is 15.3. The van der Waals surface area contributed by atoms with Crippen LogP contribution in [0.5, 0.6) is 0 Å². The molecule has 20 heavy (non-hydrogen) atoms. The first-order valence-corrected chi connectivity index (χ1v) is 7.74. The van der Waals surface area contributed by atoms with Crippen LogP contribution in [0.4, 0.5) is 0 Å². The Bertz CT molecular complexity index is 533. The summed E-state index contributed by atoms with van der Waals surface area (Å²) in [6.07, 6.45) is 1.92. The Kier molecular flexibility index (Phi) is 4.66. The van der Waals surface area contributed by atoms with E-state index in [9.17, 15) is 4.79 Å². The van der Waals surface area contributed by atoms with E-state index in [1.54, 1.807) is 0 Å². The van der Waals surface area contributed by atoms with Crippen molar-refractivity contribution in [1.29, 1.82) is 0 Å². The van der Waals surface area contributed by atoms with Crippen LogP contribution in [-0.4, -0.2) is 22.6 Å². The number of hydrogen-bond donors (Lipinski definition) is 1. The van der Waals surface area contributed by atoms with E-state index in [1.807, 2.05) is 17.6 Å². The molecule has 0 saturated heterocycles. The lowest BCUT2D eigenvalue weighted by Crippen LogP contribution is -2.38. The standard InChI is InChI=1S/C16H27N3O/c1-5-11(3)19-15-7-8-18(6-2)10-13(15)9-14(12(4)17)16(19)20/h9,11-12H,5-8,10,17H2,1-4H3. The molecule has 1 aromatic heterocycles. The van der Waals surface area contributed by atoms with Gasteiger partial charge in [-0.2, -0.15) is 0 Å². The summed E-state index contributed by atoms with van der Waals surface area (Å²) < 4.78 is 2.00. The Hall–Kier alpha value is -1.13. The third-order valence-electron chi connectivity index (χ3n) is 4.49. The van der Waals surface area contributed by atoms with E-state index in [2.05, 4.69) is 25.7 Å². The molecule has 1 aliphatic heterocycles. The summed E-state index contributed by atoms with van der Waals surface area (Å²) >= 11 is 0. The molecule has 0 aliphatic carbocycles. The van der Waals surface area contributed by atoms with Gasteiger partial charge in [0.2, 0.25) is 0 Å². The largest absolute Gasteiger partial charge is 0.324 e. The van der Waals surface area contributed by atoms with E-state index in [1.165, 1.54) is 11.3 Å². The predicted octanol–water partition coefficient (Wildman–Crippen LogP) is 2.22. The van der Waals surface area contributed by atoms with Crippen molar-refractivity contribution in [3.05, 3.63) is 33.2 Å². The zero-order valence-electron chi connectivity index (χ0n) is 13.1. The molecule has 4 heteroatoms. The fourth-order valence-electron chi connectivity index (χ4n) is 3.00. The minimum Gasteiger partial charge on any atom is -0.324 e. The van der Waals surface area contributed by atoms with E-state index in [4.69, 9.17) is 5.73 Å².